The number of furan rings is 1. The molecule has 2 fully saturated rings. The van der Waals surface area contributed by atoms with Crippen LogP contribution < -0.4 is 5.32 Å². The number of carbonyl (C=O) groups is 3. The second-order valence-corrected chi connectivity index (χ2v) is 7.48. The number of alkyl halides is 3. The maximum absolute atomic E-state index is 12.5. The molecule has 3 rings (SSSR count). The van der Waals surface area contributed by atoms with Crippen LogP contribution in [0.2, 0.25) is 0 Å². The Morgan fingerprint density at radius 2 is 1.70 bits per heavy atom. The number of rotatable bonds is 4. The maximum atomic E-state index is 12.5. The second kappa shape index (κ2) is 9.40. The van der Waals surface area contributed by atoms with Gasteiger partial charge in [0.25, 0.3) is 5.91 Å². The van der Waals surface area contributed by atoms with Gasteiger partial charge in [-0.05, 0) is 37.8 Å². The van der Waals surface area contributed by atoms with Gasteiger partial charge < -0.3 is 24.3 Å². The van der Waals surface area contributed by atoms with E-state index >= 15 is 0 Å². The van der Waals surface area contributed by atoms with Gasteiger partial charge in [-0.2, -0.15) is 13.2 Å². The van der Waals surface area contributed by atoms with E-state index in [0.717, 1.165) is 0 Å². The van der Waals surface area contributed by atoms with Gasteiger partial charge in [0.05, 0.1) is 6.26 Å². The molecule has 2 saturated heterocycles. The Labute approximate surface area is 171 Å². The van der Waals surface area contributed by atoms with Crippen molar-refractivity contribution >= 4 is 17.9 Å². The fourth-order valence-electron chi connectivity index (χ4n) is 3.66. The quantitative estimate of drug-likeness (QED) is 0.791. The van der Waals surface area contributed by atoms with Crippen molar-refractivity contribution in [3.05, 3.63) is 24.2 Å². The lowest BCUT2D eigenvalue weighted by Crippen LogP contribution is -2.49. The first kappa shape index (κ1) is 22.0. The molecule has 3 heterocycles. The van der Waals surface area contributed by atoms with E-state index in [2.05, 4.69) is 10.1 Å². The van der Waals surface area contributed by atoms with Crippen molar-refractivity contribution in [1.29, 1.82) is 0 Å². The number of halogens is 3. The molecular formula is C19H24F3N3O5. The van der Waals surface area contributed by atoms with Crippen LogP contribution in [0, 0.1) is 5.92 Å². The van der Waals surface area contributed by atoms with Crippen LogP contribution in [0.25, 0.3) is 0 Å². The number of nitrogens with zero attached hydrogens (tertiary/aromatic N) is 2. The fourth-order valence-corrected chi connectivity index (χ4v) is 3.66. The van der Waals surface area contributed by atoms with Crippen molar-refractivity contribution in [3.63, 3.8) is 0 Å². The summed E-state index contributed by atoms with van der Waals surface area (Å²) in [6.07, 6.45) is -2.15. The fraction of sp³-hybridized carbons (Fsp3) is 0.632. The van der Waals surface area contributed by atoms with Crippen LogP contribution in [0.5, 0.6) is 0 Å². The van der Waals surface area contributed by atoms with Crippen molar-refractivity contribution in [2.24, 2.45) is 5.92 Å². The normalized spacial score (nSPS) is 18.9. The summed E-state index contributed by atoms with van der Waals surface area (Å²) < 4.78 is 45.8. The molecule has 3 amide bonds. The van der Waals surface area contributed by atoms with Gasteiger partial charge in [0.1, 0.15) is 0 Å². The number of piperidine rings is 2. The number of likely N-dealkylation sites (tertiary alicyclic amines) is 2. The Morgan fingerprint density at radius 1 is 1.07 bits per heavy atom. The van der Waals surface area contributed by atoms with Crippen molar-refractivity contribution in [3.8, 4) is 0 Å². The molecule has 2 aliphatic heterocycles. The number of hydrogen-bond donors (Lipinski definition) is 1. The molecule has 0 saturated carbocycles. The van der Waals surface area contributed by atoms with Gasteiger partial charge >= 0.3 is 12.3 Å². The highest BCUT2D eigenvalue weighted by atomic mass is 19.4. The summed E-state index contributed by atoms with van der Waals surface area (Å²) in [5.41, 5.74) is 0. The van der Waals surface area contributed by atoms with Crippen LogP contribution in [0.15, 0.2) is 22.8 Å². The molecule has 0 bridgehead atoms. The van der Waals surface area contributed by atoms with E-state index in [-0.39, 0.29) is 42.6 Å². The van der Waals surface area contributed by atoms with Crippen molar-refractivity contribution in [1.82, 2.24) is 15.1 Å². The van der Waals surface area contributed by atoms with Crippen LogP contribution >= 0.6 is 0 Å². The number of amides is 3. The van der Waals surface area contributed by atoms with Gasteiger partial charge in [-0.3, -0.25) is 9.59 Å². The molecular weight excluding hydrogens is 407 g/mol. The summed E-state index contributed by atoms with van der Waals surface area (Å²) in [6, 6.07) is 3.22. The lowest BCUT2D eigenvalue weighted by atomic mass is 9.95. The molecule has 0 aromatic carbocycles. The molecule has 0 radical (unpaired) electrons. The monoisotopic (exact) mass is 431 g/mol. The van der Waals surface area contributed by atoms with E-state index < -0.39 is 18.9 Å². The molecule has 0 aliphatic carbocycles. The highest BCUT2D eigenvalue weighted by Gasteiger charge is 2.34. The number of hydrogen-bond acceptors (Lipinski definition) is 5. The zero-order valence-electron chi connectivity index (χ0n) is 16.3. The van der Waals surface area contributed by atoms with E-state index in [0.29, 0.717) is 38.8 Å². The minimum atomic E-state index is -4.56. The maximum Gasteiger partial charge on any atom is 0.422 e. The topological polar surface area (TPSA) is 92.1 Å². The number of carbonyl (C=O) groups excluding carboxylic acids is 3. The Hall–Kier alpha value is -2.72. The first-order valence-electron chi connectivity index (χ1n) is 9.84. The van der Waals surface area contributed by atoms with E-state index in [4.69, 9.17) is 4.42 Å². The Balaban J connectivity index is 1.37. The minimum Gasteiger partial charge on any atom is -0.459 e. The predicted molar refractivity (Wildman–Crippen MR) is 97.5 cm³/mol. The van der Waals surface area contributed by atoms with Crippen LogP contribution in [0.3, 0.4) is 0 Å². The number of nitrogens with one attached hydrogen (secondary N) is 1. The molecule has 0 atom stereocenters. The van der Waals surface area contributed by atoms with Crippen molar-refractivity contribution < 1.29 is 36.7 Å². The molecule has 1 aromatic rings. The Bertz CT molecular complexity index is 737. The highest BCUT2D eigenvalue weighted by Crippen LogP contribution is 2.21. The Kier molecular flexibility index (Phi) is 6.88. The summed E-state index contributed by atoms with van der Waals surface area (Å²) in [6.45, 7) is -0.259. The van der Waals surface area contributed by atoms with E-state index in [1.807, 2.05) is 0 Å². The molecule has 11 heteroatoms. The SMILES string of the molecule is O=C(NC1CCN(C(=O)c2ccco2)CC1)C1CCN(C(=O)OCC(F)(F)F)CC1. The molecule has 0 unspecified atom stereocenters. The summed E-state index contributed by atoms with van der Waals surface area (Å²) in [5.74, 6) is -0.318. The summed E-state index contributed by atoms with van der Waals surface area (Å²) in [7, 11) is 0. The predicted octanol–water partition coefficient (Wildman–Crippen LogP) is 2.41. The van der Waals surface area contributed by atoms with Crippen LogP contribution in [0.4, 0.5) is 18.0 Å². The second-order valence-electron chi connectivity index (χ2n) is 7.48. The largest absolute Gasteiger partial charge is 0.459 e. The van der Waals surface area contributed by atoms with Gasteiger partial charge in [0.2, 0.25) is 5.91 Å². The molecule has 1 N–H and O–H groups in total. The average Bonchev–Trinajstić information content (AvgIpc) is 3.26. The molecule has 30 heavy (non-hydrogen) atoms. The first-order chi connectivity index (χ1) is 14.2. The summed E-state index contributed by atoms with van der Waals surface area (Å²) in [5, 5.41) is 2.99. The van der Waals surface area contributed by atoms with Gasteiger partial charge in [0, 0.05) is 38.1 Å². The summed E-state index contributed by atoms with van der Waals surface area (Å²) in [4.78, 5) is 39.3. The van der Waals surface area contributed by atoms with Crippen LogP contribution in [-0.2, 0) is 9.53 Å². The highest BCUT2D eigenvalue weighted by molar-refractivity contribution is 5.91. The smallest absolute Gasteiger partial charge is 0.422 e. The van der Waals surface area contributed by atoms with Gasteiger partial charge in [-0.15, -0.1) is 0 Å². The zero-order chi connectivity index (χ0) is 21.7. The standard InChI is InChI=1S/C19H24F3N3O5/c20-19(21,22)12-30-18(28)25-7-3-13(4-8-25)16(26)23-14-5-9-24(10-6-14)17(27)15-2-1-11-29-15/h1-2,11,13-14H,3-10,12H2,(H,23,26). The van der Waals surface area contributed by atoms with Gasteiger partial charge in [-0.1, -0.05) is 0 Å². The molecule has 166 valence electrons. The van der Waals surface area contributed by atoms with Crippen molar-refractivity contribution in [2.75, 3.05) is 32.8 Å². The Morgan fingerprint density at radius 3 is 2.27 bits per heavy atom. The zero-order valence-corrected chi connectivity index (χ0v) is 16.3. The van der Waals surface area contributed by atoms with E-state index in [1.54, 1.807) is 17.0 Å². The first-order valence-corrected chi connectivity index (χ1v) is 9.84. The third-order valence-corrected chi connectivity index (χ3v) is 5.34. The molecule has 0 spiro atoms. The van der Waals surface area contributed by atoms with Crippen LogP contribution in [0.1, 0.15) is 36.2 Å². The molecule has 1 aromatic heterocycles. The lowest BCUT2D eigenvalue weighted by molar-refractivity contribution is -0.162. The lowest BCUT2D eigenvalue weighted by Gasteiger charge is -2.34. The molecule has 2 aliphatic rings. The van der Waals surface area contributed by atoms with Gasteiger partial charge in [-0.25, -0.2) is 4.79 Å². The van der Waals surface area contributed by atoms with Gasteiger partial charge in [0.15, 0.2) is 12.4 Å². The third-order valence-electron chi connectivity index (χ3n) is 5.34. The van der Waals surface area contributed by atoms with Crippen molar-refractivity contribution in [2.45, 2.75) is 37.9 Å². The summed E-state index contributed by atoms with van der Waals surface area (Å²) >= 11 is 0. The number of ether oxygens (including phenoxy) is 1. The molecule has 8 nitrogen and oxygen atoms in total. The van der Waals surface area contributed by atoms with Crippen LogP contribution in [-0.4, -0.2) is 72.7 Å². The minimum absolute atomic E-state index is 0.0482. The third kappa shape index (κ3) is 5.90. The van der Waals surface area contributed by atoms with E-state index in [1.165, 1.54) is 11.2 Å². The van der Waals surface area contributed by atoms with E-state index in [9.17, 15) is 27.6 Å². The average molecular weight is 431 g/mol.